The maximum Gasteiger partial charge on any atom is 0.307 e. The minimum atomic E-state index is -0.898. The fourth-order valence-electron chi connectivity index (χ4n) is 2.51. The first kappa shape index (κ1) is 12.6. The molecular formula is C14H17NO3. The molecule has 1 aliphatic carbocycles. The molecule has 0 heterocycles. The van der Waals surface area contributed by atoms with Gasteiger partial charge in [0.1, 0.15) is 0 Å². The lowest BCUT2D eigenvalue weighted by Crippen LogP contribution is -2.18. The molecule has 1 aliphatic rings. The second-order valence-electron chi connectivity index (χ2n) is 5.42. The van der Waals surface area contributed by atoms with Gasteiger partial charge in [-0.05, 0) is 24.0 Å². The first-order chi connectivity index (χ1) is 8.35. The van der Waals surface area contributed by atoms with E-state index >= 15 is 0 Å². The van der Waals surface area contributed by atoms with Gasteiger partial charge in [-0.2, -0.15) is 0 Å². The molecule has 0 saturated heterocycles. The van der Waals surface area contributed by atoms with Gasteiger partial charge in [0.15, 0.2) is 0 Å². The largest absolute Gasteiger partial charge is 0.481 e. The van der Waals surface area contributed by atoms with E-state index in [2.05, 4.69) is 5.32 Å². The molecule has 0 spiro atoms. The Kier molecular flexibility index (Phi) is 2.89. The van der Waals surface area contributed by atoms with Gasteiger partial charge in [-0.1, -0.05) is 32.0 Å². The van der Waals surface area contributed by atoms with Crippen LogP contribution in [0, 0.1) is 24.2 Å². The lowest BCUT2D eigenvalue weighted by atomic mass is 10.1. The van der Waals surface area contributed by atoms with Crippen molar-refractivity contribution in [1.82, 2.24) is 0 Å². The SMILES string of the molecule is Cc1ccccc1NC(=O)[C@H]1[C@@H](C(=O)O)C1(C)C. The van der Waals surface area contributed by atoms with E-state index in [0.717, 1.165) is 11.3 Å². The van der Waals surface area contributed by atoms with Crippen LogP contribution in [-0.2, 0) is 9.59 Å². The average Bonchev–Trinajstić information content (AvgIpc) is 2.85. The van der Waals surface area contributed by atoms with Crippen molar-refractivity contribution in [2.75, 3.05) is 5.32 Å². The monoisotopic (exact) mass is 247 g/mol. The summed E-state index contributed by atoms with van der Waals surface area (Å²) in [6, 6.07) is 7.46. The van der Waals surface area contributed by atoms with Crippen molar-refractivity contribution in [2.45, 2.75) is 20.8 Å². The Morgan fingerprint density at radius 1 is 1.22 bits per heavy atom. The first-order valence-corrected chi connectivity index (χ1v) is 5.95. The number of anilines is 1. The van der Waals surface area contributed by atoms with Crippen LogP contribution in [0.5, 0.6) is 0 Å². The van der Waals surface area contributed by atoms with E-state index in [4.69, 9.17) is 5.11 Å². The number of nitrogens with one attached hydrogen (secondary N) is 1. The zero-order valence-electron chi connectivity index (χ0n) is 10.7. The van der Waals surface area contributed by atoms with Gasteiger partial charge in [0.05, 0.1) is 11.8 Å². The van der Waals surface area contributed by atoms with Crippen molar-refractivity contribution >= 4 is 17.6 Å². The fourth-order valence-corrected chi connectivity index (χ4v) is 2.51. The molecule has 4 nitrogen and oxygen atoms in total. The quantitative estimate of drug-likeness (QED) is 0.861. The summed E-state index contributed by atoms with van der Waals surface area (Å²) in [6.07, 6.45) is 0. The molecular weight excluding hydrogens is 230 g/mol. The van der Waals surface area contributed by atoms with Crippen LogP contribution in [-0.4, -0.2) is 17.0 Å². The lowest BCUT2D eigenvalue weighted by molar-refractivity contribution is -0.140. The normalized spacial score (nSPS) is 24.4. The Morgan fingerprint density at radius 2 is 1.83 bits per heavy atom. The molecule has 2 atom stereocenters. The predicted molar refractivity (Wildman–Crippen MR) is 68.2 cm³/mol. The van der Waals surface area contributed by atoms with Gasteiger partial charge in [0.25, 0.3) is 0 Å². The van der Waals surface area contributed by atoms with Gasteiger partial charge in [0.2, 0.25) is 5.91 Å². The molecule has 18 heavy (non-hydrogen) atoms. The fraction of sp³-hybridized carbons (Fsp3) is 0.429. The van der Waals surface area contributed by atoms with Gasteiger partial charge < -0.3 is 10.4 Å². The first-order valence-electron chi connectivity index (χ1n) is 5.95. The van der Waals surface area contributed by atoms with E-state index in [-0.39, 0.29) is 5.91 Å². The Hall–Kier alpha value is -1.84. The van der Waals surface area contributed by atoms with E-state index in [1.54, 1.807) is 0 Å². The molecule has 0 aliphatic heterocycles. The van der Waals surface area contributed by atoms with Crippen LogP contribution in [0.2, 0.25) is 0 Å². The summed E-state index contributed by atoms with van der Waals surface area (Å²) < 4.78 is 0. The number of carbonyl (C=O) groups is 2. The van der Waals surface area contributed by atoms with E-state index in [9.17, 15) is 9.59 Å². The summed E-state index contributed by atoms with van der Waals surface area (Å²) in [5.74, 6) is -2.14. The van der Waals surface area contributed by atoms with Crippen LogP contribution < -0.4 is 5.32 Å². The number of hydrogen-bond acceptors (Lipinski definition) is 2. The van der Waals surface area contributed by atoms with Crippen LogP contribution in [0.15, 0.2) is 24.3 Å². The third-order valence-corrected chi connectivity index (χ3v) is 3.78. The predicted octanol–water partition coefficient (Wildman–Crippen LogP) is 2.29. The van der Waals surface area contributed by atoms with E-state index < -0.39 is 23.2 Å². The molecule has 1 saturated carbocycles. The van der Waals surface area contributed by atoms with Gasteiger partial charge in [-0.15, -0.1) is 0 Å². The topological polar surface area (TPSA) is 66.4 Å². The minimum absolute atomic E-state index is 0.207. The number of carboxylic acids is 1. The van der Waals surface area contributed by atoms with Crippen molar-refractivity contribution in [3.05, 3.63) is 29.8 Å². The van der Waals surface area contributed by atoms with Crippen LogP contribution >= 0.6 is 0 Å². The maximum absolute atomic E-state index is 12.1. The number of para-hydroxylation sites is 1. The molecule has 0 bridgehead atoms. The molecule has 1 aromatic carbocycles. The van der Waals surface area contributed by atoms with Gasteiger partial charge in [-0.25, -0.2) is 0 Å². The molecule has 96 valence electrons. The zero-order valence-corrected chi connectivity index (χ0v) is 10.7. The number of amides is 1. The van der Waals surface area contributed by atoms with Crippen LogP contribution in [0.3, 0.4) is 0 Å². The number of aryl methyl sites for hydroxylation is 1. The maximum atomic E-state index is 12.1. The van der Waals surface area contributed by atoms with Crippen molar-refractivity contribution in [1.29, 1.82) is 0 Å². The second kappa shape index (κ2) is 4.12. The highest BCUT2D eigenvalue weighted by Crippen LogP contribution is 2.58. The highest BCUT2D eigenvalue weighted by atomic mass is 16.4. The number of rotatable bonds is 3. The Morgan fingerprint density at radius 3 is 2.33 bits per heavy atom. The number of carbonyl (C=O) groups excluding carboxylic acids is 1. The van der Waals surface area contributed by atoms with E-state index in [1.807, 2.05) is 45.0 Å². The lowest BCUT2D eigenvalue weighted by Gasteiger charge is -2.08. The average molecular weight is 247 g/mol. The van der Waals surface area contributed by atoms with Crippen LogP contribution in [0.1, 0.15) is 19.4 Å². The summed E-state index contributed by atoms with van der Waals surface area (Å²) >= 11 is 0. The number of carboxylic acid groups (broad SMARTS) is 1. The van der Waals surface area contributed by atoms with Crippen molar-refractivity contribution in [2.24, 2.45) is 17.3 Å². The smallest absolute Gasteiger partial charge is 0.307 e. The summed E-state index contributed by atoms with van der Waals surface area (Å²) in [7, 11) is 0. The van der Waals surface area contributed by atoms with Crippen molar-refractivity contribution in [3.8, 4) is 0 Å². The molecule has 1 aromatic rings. The molecule has 4 heteroatoms. The summed E-state index contributed by atoms with van der Waals surface area (Å²) in [6.45, 7) is 5.53. The Labute approximate surface area is 106 Å². The minimum Gasteiger partial charge on any atom is -0.481 e. The molecule has 0 radical (unpaired) electrons. The Bertz CT molecular complexity index is 508. The Balaban J connectivity index is 2.11. The van der Waals surface area contributed by atoms with Crippen LogP contribution in [0.25, 0.3) is 0 Å². The zero-order chi connectivity index (χ0) is 13.5. The highest BCUT2D eigenvalue weighted by molar-refractivity contribution is 6.00. The summed E-state index contributed by atoms with van der Waals surface area (Å²) in [5.41, 5.74) is 1.25. The number of hydrogen-bond donors (Lipinski definition) is 2. The van der Waals surface area contributed by atoms with E-state index in [0.29, 0.717) is 0 Å². The third kappa shape index (κ3) is 1.98. The molecule has 2 rings (SSSR count). The van der Waals surface area contributed by atoms with Crippen LogP contribution in [0.4, 0.5) is 5.69 Å². The summed E-state index contributed by atoms with van der Waals surface area (Å²) in [5, 5.41) is 11.9. The molecule has 1 amide bonds. The molecule has 1 fully saturated rings. The second-order valence-corrected chi connectivity index (χ2v) is 5.42. The number of aliphatic carboxylic acids is 1. The van der Waals surface area contributed by atoms with Gasteiger partial charge in [-0.3, -0.25) is 9.59 Å². The third-order valence-electron chi connectivity index (χ3n) is 3.78. The van der Waals surface area contributed by atoms with Crippen molar-refractivity contribution < 1.29 is 14.7 Å². The molecule has 0 unspecified atom stereocenters. The highest BCUT2D eigenvalue weighted by Gasteiger charge is 2.65. The molecule has 2 N–H and O–H groups in total. The standard InChI is InChI=1S/C14H17NO3/c1-8-6-4-5-7-9(8)15-12(16)10-11(13(17)18)14(10,2)3/h4-7,10-11H,1-3H3,(H,15,16)(H,17,18)/t10-,11+/m1/s1. The number of benzene rings is 1. The summed E-state index contributed by atoms with van der Waals surface area (Å²) in [4.78, 5) is 23.1. The van der Waals surface area contributed by atoms with Gasteiger partial charge >= 0.3 is 5.97 Å². The molecule has 0 aromatic heterocycles. The van der Waals surface area contributed by atoms with E-state index in [1.165, 1.54) is 0 Å². The van der Waals surface area contributed by atoms with Crippen molar-refractivity contribution in [3.63, 3.8) is 0 Å². The van der Waals surface area contributed by atoms with Gasteiger partial charge in [0, 0.05) is 5.69 Å².